The van der Waals surface area contributed by atoms with Crippen molar-refractivity contribution >= 4 is 11.8 Å². The van der Waals surface area contributed by atoms with Gasteiger partial charge in [0.25, 0.3) is 0 Å². The third kappa shape index (κ3) is 3.83. The zero-order valence-corrected chi connectivity index (χ0v) is 9.10. The smallest absolute Gasteiger partial charge is 0.119 e. The number of methoxy groups -OCH3 is 1. The zero-order valence-electron chi connectivity index (χ0n) is 8.29. The van der Waals surface area contributed by atoms with Crippen LogP contribution >= 0.6 is 11.8 Å². The fourth-order valence-electron chi connectivity index (χ4n) is 0.944. The van der Waals surface area contributed by atoms with Crippen LogP contribution in [0.5, 0.6) is 5.75 Å². The van der Waals surface area contributed by atoms with E-state index in [9.17, 15) is 4.39 Å². The average Bonchev–Trinajstić information content (AvgIpc) is 2.18. The molecule has 0 aliphatic carbocycles. The fourth-order valence-corrected chi connectivity index (χ4v) is 1.82. The normalized spacial score (nSPS) is 11.5. The van der Waals surface area contributed by atoms with Gasteiger partial charge in [0.1, 0.15) is 5.75 Å². The molecule has 0 atom stereocenters. The largest absolute Gasteiger partial charge is 0.497 e. The minimum Gasteiger partial charge on any atom is -0.497 e. The molecule has 0 radical (unpaired) electrons. The third-order valence-electron chi connectivity index (χ3n) is 1.66. The van der Waals surface area contributed by atoms with E-state index in [0.717, 1.165) is 10.6 Å². The molecule has 0 N–H and O–H groups in total. The van der Waals surface area contributed by atoms with Crippen molar-refractivity contribution in [1.29, 1.82) is 0 Å². The van der Waals surface area contributed by atoms with Crippen molar-refractivity contribution < 1.29 is 9.13 Å². The Morgan fingerprint density at radius 2 is 2.36 bits per heavy atom. The topological polar surface area (TPSA) is 9.23 Å². The average molecular weight is 212 g/mol. The molecule has 1 aromatic rings. The van der Waals surface area contributed by atoms with E-state index in [1.807, 2.05) is 24.3 Å². The molecule has 1 rings (SSSR count). The Morgan fingerprint density at radius 3 is 3.00 bits per heavy atom. The van der Waals surface area contributed by atoms with Crippen molar-refractivity contribution in [1.82, 2.24) is 0 Å². The maximum Gasteiger partial charge on any atom is 0.119 e. The predicted octanol–water partition coefficient (Wildman–Crippen LogP) is 3.66. The van der Waals surface area contributed by atoms with Crippen LogP contribution in [0.2, 0.25) is 0 Å². The summed E-state index contributed by atoms with van der Waals surface area (Å²) in [5.41, 5.74) is 0. The molecule has 0 unspecified atom stereocenters. The maximum absolute atomic E-state index is 12.4. The summed E-state index contributed by atoms with van der Waals surface area (Å²) in [7, 11) is 1.63. The van der Waals surface area contributed by atoms with E-state index < -0.39 is 0 Å². The van der Waals surface area contributed by atoms with Gasteiger partial charge < -0.3 is 4.74 Å². The van der Waals surface area contributed by atoms with E-state index >= 15 is 0 Å². The summed E-state index contributed by atoms with van der Waals surface area (Å²) in [6.45, 7) is 1.45. The van der Waals surface area contributed by atoms with E-state index in [4.69, 9.17) is 4.74 Å². The third-order valence-corrected chi connectivity index (χ3v) is 2.58. The summed E-state index contributed by atoms with van der Waals surface area (Å²) in [5, 5.41) is 0. The molecule has 0 aliphatic heterocycles. The van der Waals surface area contributed by atoms with Crippen LogP contribution in [0.3, 0.4) is 0 Å². The van der Waals surface area contributed by atoms with Crippen molar-refractivity contribution in [3.05, 3.63) is 36.2 Å². The van der Waals surface area contributed by atoms with Gasteiger partial charge >= 0.3 is 0 Å². The van der Waals surface area contributed by atoms with Crippen LogP contribution in [0.25, 0.3) is 0 Å². The molecule has 0 saturated carbocycles. The highest BCUT2D eigenvalue weighted by Crippen LogP contribution is 2.22. The van der Waals surface area contributed by atoms with Crippen LogP contribution in [0.4, 0.5) is 4.39 Å². The van der Waals surface area contributed by atoms with Crippen molar-refractivity contribution in [3.8, 4) is 5.75 Å². The van der Waals surface area contributed by atoms with E-state index in [1.54, 1.807) is 24.9 Å². The first kappa shape index (κ1) is 11.1. The first-order valence-electron chi connectivity index (χ1n) is 4.31. The van der Waals surface area contributed by atoms with E-state index in [-0.39, 0.29) is 5.83 Å². The summed E-state index contributed by atoms with van der Waals surface area (Å²) < 4.78 is 17.5. The lowest BCUT2D eigenvalue weighted by atomic mass is 10.3. The fraction of sp³-hybridized carbons (Fsp3) is 0.273. The Balaban J connectivity index is 2.54. The van der Waals surface area contributed by atoms with Gasteiger partial charge in [-0.2, -0.15) is 0 Å². The number of rotatable bonds is 4. The van der Waals surface area contributed by atoms with Crippen LogP contribution in [0, 0.1) is 0 Å². The highest BCUT2D eigenvalue weighted by atomic mass is 32.2. The monoisotopic (exact) mass is 212 g/mol. The summed E-state index contributed by atoms with van der Waals surface area (Å²) >= 11 is 1.58. The van der Waals surface area contributed by atoms with E-state index in [0.29, 0.717) is 5.75 Å². The Kier molecular flexibility index (Phi) is 4.53. The zero-order chi connectivity index (χ0) is 10.4. The maximum atomic E-state index is 12.4. The van der Waals surface area contributed by atoms with E-state index in [2.05, 4.69) is 0 Å². The highest BCUT2D eigenvalue weighted by molar-refractivity contribution is 7.99. The number of halogens is 1. The molecular weight excluding hydrogens is 199 g/mol. The van der Waals surface area contributed by atoms with Crippen LogP contribution < -0.4 is 4.74 Å². The Morgan fingerprint density at radius 1 is 1.57 bits per heavy atom. The quantitative estimate of drug-likeness (QED) is 0.704. The van der Waals surface area contributed by atoms with E-state index in [1.165, 1.54) is 6.92 Å². The lowest BCUT2D eigenvalue weighted by molar-refractivity contribution is 0.413. The predicted molar refractivity (Wildman–Crippen MR) is 58.6 cm³/mol. The molecule has 0 bridgehead atoms. The molecule has 0 aliphatic rings. The van der Waals surface area contributed by atoms with Crippen LogP contribution in [0.15, 0.2) is 41.1 Å². The Bertz CT molecular complexity index is 319. The lowest BCUT2D eigenvalue weighted by Gasteiger charge is -2.02. The molecule has 1 aromatic carbocycles. The van der Waals surface area contributed by atoms with Crippen molar-refractivity contribution in [2.45, 2.75) is 11.8 Å². The molecule has 14 heavy (non-hydrogen) atoms. The summed E-state index contributed by atoms with van der Waals surface area (Å²) in [4.78, 5) is 1.09. The number of allylic oxidation sites excluding steroid dienone is 1. The minimum atomic E-state index is -0.139. The van der Waals surface area contributed by atoms with Gasteiger partial charge in [-0.25, -0.2) is 4.39 Å². The van der Waals surface area contributed by atoms with Crippen LogP contribution in [0.1, 0.15) is 6.92 Å². The van der Waals surface area contributed by atoms with Gasteiger partial charge in [0.05, 0.1) is 12.9 Å². The van der Waals surface area contributed by atoms with Gasteiger partial charge in [-0.05, 0) is 31.2 Å². The number of ether oxygens (including phenoxy) is 1. The molecular formula is C11H13FOS. The second-order valence-electron chi connectivity index (χ2n) is 2.78. The molecule has 0 spiro atoms. The summed E-state index contributed by atoms with van der Waals surface area (Å²) in [5.74, 6) is 1.34. The molecule has 0 heterocycles. The molecule has 0 saturated heterocycles. The molecule has 0 fully saturated rings. The number of hydrogen-bond acceptors (Lipinski definition) is 2. The van der Waals surface area contributed by atoms with Crippen molar-refractivity contribution in [2.75, 3.05) is 12.9 Å². The van der Waals surface area contributed by atoms with Gasteiger partial charge in [0.15, 0.2) is 0 Å². The lowest BCUT2D eigenvalue weighted by Crippen LogP contribution is -1.82. The molecule has 0 amide bonds. The number of benzene rings is 1. The summed E-state index contributed by atoms with van der Waals surface area (Å²) in [6.07, 6.45) is 1.56. The number of thioether (sulfide) groups is 1. The van der Waals surface area contributed by atoms with Crippen molar-refractivity contribution in [3.63, 3.8) is 0 Å². The first-order chi connectivity index (χ1) is 6.72. The van der Waals surface area contributed by atoms with Gasteiger partial charge in [0, 0.05) is 10.6 Å². The van der Waals surface area contributed by atoms with Crippen LogP contribution in [-0.4, -0.2) is 12.9 Å². The molecule has 0 aromatic heterocycles. The van der Waals surface area contributed by atoms with Gasteiger partial charge in [0.2, 0.25) is 0 Å². The Hall–Kier alpha value is -0.960. The first-order valence-corrected chi connectivity index (χ1v) is 5.30. The second-order valence-corrected chi connectivity index (χ2v) is 3.87. The molecule has 3 heteroatoms. The molecule has 1 nitrogen and oxygen atoms in total. The van der Waals surface area contributed by atoms with Crippen molar-refractivity contribution in [2.24, 2.45) is 0 Å². The van der Waals surface area contributed by atoms with Gasteiger partial charge in [-0.3, -0.25) is 0 Å². The van der Waals surface area contributed by atoms with Gasteiger partial charge in [-0.1, -0.05) is 6.07 Å². The van der Waals surface area contributed by atoms with Gasteiger partial charge in [-0.15, -0.1) is 11.8 Å². The summed E-state index contributed by atoms with van der Waals surface area (Å²) in [6, 6.07) is 7.73. The standard InChI is InChI=1S/C11H13FOS/c1-9(12)6-7-14-11-5-3-4-10(8-11)13-2/h3-6,8H,7H2,1-2H3/b9-6-. The molecule has 76 valence electrons. The SMILES string of the molecule is COc1cccc(SC/C=C(/C)F)c1. The highest BCUT2D eigenvalue weighted by Gasteiger charge is 1.95. The second kappa shape index (κ2) is 5.70. The minimum absolute atomic E-state index is 0.139. The van der Waals surface area contributed by atoms with Crippen LogP contribution in [-0.2, 0) is 0 Å². The Labute approximate surface area is 88.0 Å². The number of hydrogen-bond donors (Lipinski definition) is 0.